The minimum atomic E-state index is -0.568. The number of hydrogen-bond acceptors (Lipinski definition) is 5. The van der Waals surface area contributed by atoms with E-state index in [-0.39, 0.29) is 50.5 Å². The van der Waals surface area contributed by atoms with Gasteiger partial charge in [-0.1, -0.05) is 47.4 Å². The number of fused-ring (bicyclic) bond motifs is 1. The summed E-state index contributed by atoms with van der Waals surface area (Å²) in [6.45, 7) is 4.65. The van der Waals surface area contributed by atoms with Gasteiger partial charge in [-0.15, -0.1) is 0 Å². The number of rotatable bonds is 4. The second-order valence-electron chi connectivity index (χ2n) is 7.34. The van der Waals surface area contributed by atoms with Crippen molar-refractivity contribution in [3.8, 4) is 11.3 Å². The van der Waals surface area contributed by atoms with E-state index >= 15 is 0 Å². The Hall–Kier alpha value is -2.94. The summed E-state index contributed by atoms with van der Waals surface area (Å²) in [5, 5.41) is 0.675. The van der Waals surface area contributed by atoms with Crippen LogP contribution < -0.4 is 5.56 Å². The number of carbonyl (C=O) groups excluding carboxylic acids is 2. The van der Waals surface area contributed by atoms with E-state index in [1.165, 1.54) is 10.6 Å². The maximum Gasteiger partial charge on any atom is 0.279 e. The number of carbonyl (C=O) groups is 2. The average molecular weight is 507 g/mol. The number of halogens is 3. The fraction of sp³-hybridized carbons (Fsp3) is 0.227. The van der Waals surface area contributed by atoms with Gasteiger partial charge >= 0.3 is 0 Å². The average Bonchev–Trinajstić information content (AvgIpc) is 2.81. The normalized spacial score (nSPS) is 13.9. The largest absolute Gasteiger partial charge is 0.338 e. The van der Waals surface area contributed by atoms with Crippen molar-refractivity contribution in [1.29, 1.82) is 0 Å². The van der Waals surface area contributed by atoms with Crippen LogP contribution in [0.15, 0.2) is 47.8 Å². The Labute approximate surface area is 204 Å². The fourth-order valence-electron chi connectivity index (χ4n) is 3.67. The number of pyridine rings is 1. The van der Waals surface area contributed by atoms with Crippen LogP contribution in [0, 0.1) is 0 Å². The monoisotopic (exact) mass is 505 g/mol. The molecule has 0 radical (unpaired) electrons. The minimum Gasteiger partial charge on any atom is -0.338 e. The SMILES string of the molecule is C=CC(=O)N1CCN(C(=O)Cn2c(=O)c(-c3c(Cl)cccc3Cl)nc3ccc(Cl)nc32)CC1. The van der Waals surface area contributed by atoms with Crippen LogP contribution in [0.3, 0.4) is 0 Å². The molecule has 1 saturated heterocycles. The summed E-state index contributed by atoms with van der Waals surface area (Å²) in [5.74, 6) is -0.480. The van der Waals surface area contributed by atoms with E-state index in [0.29, 0.717) is 31.7 Å². The Kier molecular flexibility index (Phi) is 6.69. The highest BCUT2D eigenvalue weighted by atomic mass is 35.5. The van der Waals surface area contributed by atoms with Gasteiger partial charge in [-0.05, 0) is 30.3 Å². The summed E-state index contributed by atoms with van der Waals surface area (Å²) in [7, 11) is 0. The summed E-state index contributed by atoms with van der Waals surface area (Å²) in [4.78, 5) is 50.2. The summed E-state index contributed by atoms with van der Waals surface area (Å²) in [6.07, 6.45) is 1.25. The Morgan fingerprint density at radius 3 is 2.24 bits per heavy atom. The molecule has 0 bridgehead atoms. The summed E-state index contributed by atoms with van der Waals surface area (Å²) in [5.41, 5.74) is 0.255. The lowest BCUT2D eigenvalue weighted by atomic mass is 10.1. The molecule has 1 aliphatic heterocycles. The summed E-state index contributed by atoms with van der Waals surface area (Å²) < 4.78 is 1.23. The van der Waals surface area contributed by atoms with E-state index < -0.39 is 5.56 Å². The van der Waals surface area contributed by atoms with E-state index in [1.807, 2.05) is 0 Å². The predicted molar refractivity (Wildman–Crippen MR) is 128 cm³/mol. The van der Waals surface area contributed by atoms with Crippen LogP contribution >= 0.6 is 34.8 Å². The van der Waals surface area contributed by atoms with Crippen LogP contribution in [0.5, 0.6) is 0 Å². The number of amides is 2. The molecule has 0 aliphatic carbocycles. The van der Waals surface area contributed by atoms with Gasteiger partial charge in [0, 0.05) is 31.7 Å². The third-order valence-electron chi connectivity index (χ3n) is 5.37. The highest BCUT2D eigenvalue weighted by Gasteiger charge is 2.25. The summed E-state index contributed by atoms with van der Waals surface area (Å²) in [6, 6.07) is 8.02. The molecule has 8 nitrogen and oxygen atoms in total. The number of nitrogens with zero attached hydrogens (tertiary/aromatic N) is 5. The third-order valence-corrected chi connectivity index (χ3v) is 6.21. The molecule has 1 aliphatic rings. The lowest BCUT2D eigenvalue weighted by Crippen LogP contribution is -2.51. The van der Waals surface area contributed by atoms with Gasteiger partial charge in [0.1, 0.15) is 22.9 Å². The first-order valence-corrected chi connectivity index (χ1v) is 11.1. The molecule has 0 saturated carbocycles. The molecule has 0 N–H and O–H groups in total. The number of benzene rings is 1. The van der Waals surface area contributed by atoms with E-state index in [0.717, 1.165) is 0 Å². The molecule has 1 fully saturated rings. The van der Waals surface area contributed by atoms with Crippen molar-refractivity contribution in [2.75, 3.05) is 26.2 Å². The van der Waals surface area contributed by atoms with E-state index in [9.17, 15) is 14.4 Å². The van der Waals surface area contributed by atoms with Crippen LogP contribution in [-0.2, 0) is 16.1 Å². The molecule has 2 aromatic heterocycles. The molecule has 3 aromatic rings. The van der Waals surface area contributed by atoms with Gasteiger partial charge in [-0.2, -0.15) is 0 Å². The van der Waals surface area contributed by atoms with Crippen molar-refractivity contribution in [3.05, 3.63) is 68.5 Å². The molecular formula is C22H18Cl3N5O3. The predicted octanol–water partition coefficient (Wildman–Crippen LogP) is 3.28. The first kappa shape index (κ1) is 23.2. The first-order chi connectivity index (χ1) is 15.8. The third kappa shape index (κ3) is 4.59. The maximum absolute atomic E-state index is 13.5. The highest BCUT2D eigenvalue weighted by Crippen LogP contribution is 2.32. The van der Waals surface area contributed by atoms with Crippen LogP contribution in [0.2, 0.25) is 15.2 Å². The van der Waals surface area contributed by atoms with Crippen LogP contribution in [0.4, 0.5) is 0 Å². The van der Waals surface area contributed by atoms with Crippen molar-refractivity contribution in [2.24, 2.45) is 0 Å². The first-order valence-electron chi connectivity index (χ1n) is 10.0. The van der Waals surface area contributed by atoms with Crippen LogP contribution in [0.1, 0.15) is 0 Å². The van der Waals surface area contributed by atoms with E-state index in [4.69, 9.17) is 34.8 Å². The lowest BCUT2D eigenvalue weighted by molar-refractivity contribution is -0.137. The molecule has 3 heterocycles. The van der Waals surface area contributed by atoms with Gasteiger partial charge < -0.3 is 9.80 Å². The molecule has 170 valence electrons. The van der Waals surface area contributed by atoms with Crippen LogP contribution in [-0.4, -0.2) is 62.3 Å². The van der Waals surface area contributed by atoms with Gasteiger partial charge in [-0.3, -0.25) is 19.0 Å². The topological polar surface area (TPSA) is 88.4 Å². The molecule has 1 aromatic carbocycles. The fourth-order valence-corrected chi connectivity index (χ4v) is 4.39. The molecule has 0 unspecified atom stereocenters. The molecule has 33 heavy (non-hydrogen) atoms. The zero-order valence-corrected chi connectivity index (χ0v) is 19.6. The van der Waals surface area contributed by atoms with Crippen molar-refractivity contribution in [2.45, 2.75) is 6.54 Å². The maximum atomic E-state index is 13.5. The smallest absolute Gasteiger partial charge is 0.279 e. The Morgan fingerprint density at radius 2 is 1.61 bits per heavy atom. The molecule has 11 heteroatoms. The standard InChI is InChI=1S/C22H18Cl3N5O3/c1-2-17(31)28-8-10-29(11-9-28)18(32)12-30-21-15(6-7-16(25)27-21)26-20(22(30)33)19-13(23)4-3-5-14(19)24/h2-7H,1,8-12H2. The van der Waals surface area contributed by atoms with Gasteiger partial charge in [0.15, 0.2) is 5.65 Å². The van der Waals surface area contributed by atoms with Gasteiger partial charge in [0.05, 0.1) is 10.0 Å². The Balaban J connectivity index is 1.74. The van der Waals surface area contributed by atoms with Crippen molar-refractivity contribution >= 4 is 57.8 Å². The second-order valence-corrected chi connectivity index (χ2v) is 8.54. The summed E-state index contributed by atoms with van der Waals surface area (Å²) >= 11 is 18.7. The molecule has 0 spiro atoms. The lowest BCUT2D eigenvalue weighted by Gasteiger charge is -2.34. The van der Waals surface area contributed by atoms with Crippen LogP contribution in [0.25, 0.3) is 22.4 Å². The van der Waals surface area contributed by atoms with Gasteiger partial charge in [0.2, 0.25) is 11.8 Å². The molecule has 4 rings (SSSR count). The van der Waals surface area contributed by atoms with Gasteiger partial charge in [0.25, 0.3) is 5.56 Å². The Morgan fingerprint density at radius 1 is 0.970 bits per heavy atom. The highest BCUT2D eigenvalue weighted by molar-refractivity contribution is 6.39. The molecular weight excluding hydrogens is 489 g/mol. The second kappa shape index (κ2) is 9.51. The van der Waals surface area contributed by atoms with Gasteiger partial charge in [-0.25, -0.2) is 9.97 Å². The van der Waals surface area contributed by atoms with Crippen molar-refractivity contribution in [3.63, 3.8) is 0 Å². The quantitative estimate of drug-likeness (QED) is 0.400. The number of aromatic nitrogens is 3. The molecule has 2 amide bonds. The number of piperazine rings is 1. The van der Waals surface area contributed by atoms with Crippen molar-refractivity contribution in [1.82, 2.24) is 24.3 Å². The van der Waals surface area contributed by atoms with E-state index in [2.05, 4.69) is 16.5 Å². The number of hydrogen-bond donors (Lipinski definition) is 0. The van der Waals surface area contributed by atoms with E-state index in [1.54, 1.807) is 40.1 Å². The molecule has 0 atom stereocenters. The Bertz CT molecular complexity index is 1310. The zero-order chi connectivity index (χ0) is 23.7. The zero-order valence-electron chi connectivity index (χ0n) is 17.3. The minimum absolute atomic E-state index is 0.0106. The van der Waals surface area contributed by atoms with Crippen molar-refractivity contribution < 1.29 is 9.59 Å².